The number of piperazine rings is 1. The number of aliphatic hydroxyl groups is 1. The van der Waals surface area contributed by atoms with Crippen LogP contribution >= 0.6 is 0 Å². The third-order valence-electron chi connectivity index (χ3n) is 2.48. The first-order valence-corrected chi connectivity index (χ1v) is 5.74. The standard InChI is InChI=1S/C9H20N2O.C2H6/c1-9(8-12)7-11-5-3-10(2)4-6-11;1-2/h9,12H,3-8H2,1-2H3;1-2H3. The van der Waals surface area contributed by atoms with E-state index in [1.165, 1.54) is 0 Å². The second-order valence-corrected chi connectivity index (χ2v) is 3.89. The van der Waals surface area contributed by atoms with Crippen LogP contribution in [0.15, 0.2) is 0 Å². The van der Waals surface area contributed by atoms with Crippen LogP contribution in [0.2, 0.25) is 0 Å². The van der Waals surface area contributed by atoms with E-state index in [0.29, 0.717) is 12.5 Å². The zero-order chi connectivity index (χ0) is 11.0. The molecule has 1 aliphatic rings. The van der Waals surface area contributed by atoms with Crippen LogP contribution in [0.25, 0.3) is 0 Å². The average molecular weight is 202 g/mol. The molecule has 1 atom stereocenters. The molecule has 1 fully saturated rings. The van der Waals surface area contributed by atoms with Crippen molar-refractivity contribution in [2.24, 2.45) is 5.92 Å². The van der Waals surface area contributed by atoms with Crippen LogP contribution in [-0.2, 0) is 0 Å². The van der Waals surface area contributed by atoms with E-state index in [9.17, 15) is 0 Å². The van der Waals surface area contributed by atoms with Crippen molar-refractivity contribution in [1.82, 2.24) is 9.80 Å². The van der Waals surface area contributed by atoms with Gasteiger partial charge in [0.25, 0.3) is 0 Å². The molecule has 0 aromatic heterocycles. The number of rotatable bonds is 3. The number of aliphatic hydroxyl groups excluding tert-OH is 1. The van der Waals surface area contributed by atoms with Crippen LogP contribution in [0.3, 0.4) is 0 Å². The molecule has 1 heterocycles. The van der Waals surface area contributed by atoms with Crippen molar-refractivity contribution < 1.29 is 5.11 Å². The van der Waals surface area contributed by atoms with Gasteiger partial charge in [0.1, 0.15) is 0 Å². The summed E-state index contributed by atoms with van der Waals surface area (Å²) in [6.45, 7) is 12.1. The molecule has 14 heavy (non-hydrogen) atoms. The quantitative estimate of drug-likeness (QED) is 0.736. The summed E-state index contributed by atoms with van der Waals surface area (Å²) < 4.78 is 0. The van der Waals surface area contributed by atoms with Crippen LogP contribution in [0, 0.1) is 5.92 Å². The fraction of sp³-hybridized carbons (Fsp3) is 1.00. The predicted octanol–water partition coefficient (Wildman–Crippen LogP) is 0.888. The second kappa shape index (κ2) is 8.21. The molecule has 1 unspecified atom stereocenters. The fourth-order valence-corrected chi connectivity index (χ4v) is 1.53. The van der Waals surface area contributed by atoms with E-state index in [1.54, 1.807) is 0 Å². The SMILES string of the molecule is CC.CC(CO)CN1CCN(C)CC1. The smallest absolute Gasteiger partial charge is 0.0468 e. The Kier molecular flexibility index (Phi) is 8.14. The Balaban J connectivity index is 0.000000791. The number of likely N-dealkylation sites (N-methyl/N-ethyl adjacent to an activating group) is 1. The Labute approximate surface area is 88.7 Å². The molecular formula is C11H26N2O. The summed E-state index contributed by atoms with van der Waals surface area (Å²) in [5, 5.41) is 8.88. The highest BCUT2D eigenvalue weighted by Crippen LogP contribution is 2.03. The van der Waals surface area contributed by atoms with Crippen LogP contribution in [0.5, 0.6) is 0 Å². The van der Waals surface area contributed by atoms with Crippen molar-refractivity contribution >= 4 is 0 Å². The number of hydrogen-bond acceptors (Lipinski definition) is 3. The van der Waals surface area contributed by atoms with Gasteiger partial charge in [0.15, 0.2) is 0 Å². The van der Waals surface area contributed by atoms with Crippen molar-refractivity contribution in [1.29, 1.82) is 0 Å². The van der Waals surface area contributed by atoms with Crippen molar-refractivity contribution in [2.75, 3.05) is 46.4 Å². The summed E-state index contributed by atoms with van der Waals surface area (Å²) >= 11 is 0. The molecule has 86 valence electrons. The van der Waals surface area contributed by atoms with Gasteiger partial charge in [-0.25, -0.2) is 0 Å². The van der Waals surface area contributed by atoms with E-state index in [0.717, 1.165) is 32.7 Å². The summed E-state index contributed by atoms with van der Waals surface area (Å²) in [6, 6.07) is 0. The van der Waals surface area contributed by atoms with Gasteiger partial charge in [-0.2, -0.15) is 0 Å². The summed E-state index contributed by atoms with van der Waals surface area (Å²) in [7, 11) is 2.16. The maximum Gasteiger partial charge on any atom is 0.0468 e. The van der Waals surface area contributed by atoms with Crippen LogP contribution < -0.4 is 0 Å². The van der Waals surface area contributed by atoms with E-state index in [4.69, 9.17) is 5.11 Å². The molecule has 0 saturated carbocycles. The zero-order valence-electron chi connectivity index (χ0n) is 10.2. The van der Waals surface area contributed by atoms with Gasteiger partial charge in [-0.15, -0.1) is 0 Å². The molecule has 1 saturated heterocycles. The van der Waals surface area contributed by atoms with Crippen LogP contribution in [0.1, 0.15) is 20.8 Å². The lowest BCUT2D eigenvalue weighted by Crippen LogP contribution is -2.46. The molecule has 0 aliphatic carbocycles. The van der Waals surface area contributed by atoms with E-state index < -0.39 is 0 Å². The molecule has 3 heteroatoms. The Hall–Kier alpha value is -0.120. The highest BCUT2D eigenvalue weighted by atomic mass is 16.3. The molecule has 1 rings (SSSR count). The molecular weight excluding hydrogens is 176 g/mol. The lowest BCUT2D eigenvalue weighted by atomic mass is 10.1. The molecule has 1 N–H and O–H groups in total. The van der Waals surface area contributed by atoms with Gasteiger partial charge in [-0.3, -0.25) is 0 Å². The lowest BCUT2D eigenvalue weighted by molar-refractivity contribution is 0.119. The van der Waals surface area contributed by atoms with Crippen LogP contribution in [0.4, 0.5) is 0 Å². The van der Waals surface area contributed by atoms with Gasteiger partial charge in [0, 0.05) is 39.3 Å². The van der Waals surface area contributed by atoms with E-state index >= 15 is 0 Å². The first-order chi connectivity index (χ1) is 6.72. The predicted molar refractivity (Wildman–Crippen MR) is 61.5 cm³/mol. The Morgan fingerprint density at radius 3 is 2.07 bits per heavy atom. The second-order valence-electron chi connectivity index (χ2n) is 3.89. The summed E-state index contributed by atoms with van der Waals surface area (Å²) in [6.07, 6.45) is 0. The fourth-order valence-electron chi connectivity index (χ4n) is 1.53. The Morgan fingerprint density at radius 2 is 1.64 bits per heavy atom. The third kappa shape index (κ3) is 5.58. The third-order valence-corrected chi connectivity index (χ3v) is 2.48. The first-order valence-electron chi connectivity index (χ1n) is 5.74. The van der Waals surface area contributed by atoms with Gasteiger partial charge in [-0.05, 0) is 13.0 Å². The van der Waals surface area contributed by atoms with Crippen LogP contribution in [-0.4, -0.2) is 61.3 Å². The monoisotopic (exact) mass is 202 g/mol. The first kappa shape index (κ1) is 13.9. The summed E-state index contributed by atoms with van der Waals surface area (Å²) in [5.41, 5.74) is 0. The minimum atomic E-state index is 0.312. The number of hydrogen-bond donors (Lipinski definition) is 1. The Bertz CT molecular complexity index is 122. The average Bonchev–Trinajstić information content (AvgIpc) is 2.24. The summed E-state index contributed by atoms with van der Waals surface area (Å²) in [5.74, 6) is 0.424. The van der Waals surface area contributed by atoms with Crippen molar-refractivity contribution in [3.63, 3.8) is 0 Å². The minimum absolute atomic E-state index is 0.312. The molecule has 3 nitrogen and oxygen atoms in total. The molecule has 0 amide bonds. The van der Waals surface area contributed by atoms with Gasteiger partial charge in [-0.1, -0.05) is 20.8 Å². The van der Waals surface area contributed by atoms with E-state index in [2.05, 4.69) is 23.8 Å². The normalized spacial score (nSPS) is 21.2. The highest BCUT2D eigenvalue weighted by Gasteiger charge is 2.15. The number of nitrogens with zero attached hydrogens (tertiary/aromatic N) is 2. The molecule has 0 spiro atoms. The van der Waals surface area contributed by atoms with Gasteiger partial charge in [0.05, 0.1) is 0 Å². The molecule has 0 bridgehead atoms. The topological polar surface area (TPSA) is 26.7 Å². The lowest BCUT2D eigenvalue weighted by Gasteiger charge is -2.33. The van der Waals surface area contributed by atoms with Crippen molar-refractivity contribution in [2.45, 2.75) is 20.8 Å². The minimum Gasteiger partial charge on any atom is -0.396 e. The van der Waals surface area contributed by atoms with Gasteiger partial charge < -0.3 is 14.9 Å². The molecule has 0 aromatic carbocycles. The summed E-state index contributed by atoms with van der Waals surface area (Å²) in [4.78, 5) is 4.78. The highest BCUT2D eigenvalue weighted by molar-refractivity contribution is 4.70. The molecule has 0 radical (unpaired) electrons. The van der Waals surface area contributed by atoms with Crippen molar-refractivity contribution in [3.8, 4) is 0 Å². The molecule has 0 aromatic rings. The molecule has 1 aliphatic heterocycles. The van der Waals surface area contributed by atoms with Crippen molar-refractivity contribution in [3.05, 3.63) is 0 Å². The van der Waals surface area contributed by atoms with E-state index in [-0.39, 0.29) is 0 Å². The van der Waals surface area contributed by atoms with Gasteiger partial charge in [0.2, 0.25) is 0 Å². The Morgan fingerprint density at radius 1 is 1.14 bits per heavy atom. The largest absolute Gasteiger partial charge is 0.396 e. The van der Waals surface area contributed by atoms with E-state index in [1.807, 2.05) is 13.8 Å². The van der Waals surface area contributed by atoms with Gasteiger partial charge >= 0.3 is 0 Å². The maximum absolute atomic E-state index is 8.88. The maximum atomic E-state index is 8.88. The zero-order valence-corrected chi connectivity index (χ0v) is 10.2.